The van der Waals surface area contributed by atoms with Gasteiger partial charge in [0.15, 0.2) is 4.84 Å². The van der Waals surface area contributed by atoms with Crippen LogP contribution in [0, 0.1) is 0 Å². The van der Waals surface area contributed by atoms with Crippen LogP contribution in [0.1, 0.15) is 20.3 Å². The highest BCUT2D eigenvalue weighted by molar-refractivity contribution is 6.53. The van der Waals surface area contributed by atoms with Crippen LogP contribution >= 0.6 is 23.2 Å². The lowest BCUT2D eigenvalue weighted by molar-refractivity contribution is -0.120. The molecule has 0 fully saturated rings. The van der Waals surface area contributed by atoms with Crippen molar-refractivity contribution in [3.8, 4) is 0 Å². The Morgan fingerprint density at radius 2 is 1.96 bits per heavy atom. The van der Waals surface area contributed by atoms with Crippen LogP contribution in [0.5, 0.6) is 0 Å². The second-order valence-corrected chi connectivity index (χ2v) is 7.02. The lowest BCUT2D eigenvalue weighted by Crippen LogP contribution is -2.47. The summed E-state index contributed by atoms with van der Waals surface area (Å²) in [5, 5.41) is 15.5. The van der Waals surface area contributed by atoms with Crippen LogP contribution in [0.3, 0.4) is 0 Å². The van der Waals surface area contributed by atoms with Gasteiger partial charge in [-0.25, -0.2) is 4.39 Å². The Labute approximate surface area is 170 Å². The van der Waals surface area contributed by atoms with Gasteiger partial charge >= 0.3 is 0 Å². The first-order valence-corrected chi connectivity index (χ1v) is 9.43. The number of hydrogen-bond donors (Lipinski definition) is 3. The van der Waals surface area contributed by atoms with Crippen LogP contribution < -0.4 is 10.6 Å². The van der Waals surface area contributed by atoms with Crippen molar-refractivity contribution in [3.05, 3.63) is 47.6 Å². The molecule has 2 atom stereocenters. The third-order valence-electron chi connectivity index (χ3n) is 3.58. The Bertz CT molecular complexity index is 564. The predicted molar refractivity (Wildman–Crippen MR) is 109 cm³/mol. The fourth-order valence-corrected chi connectivity index (χ4v) is 2.17. The average Bonchev–Trinajstić information content (AvgIpc) is 2.65. The van der Waals surface area contributed by atoms with Crippen LogP contribution in [0.2, 0.25) is 0 Å². The van der Waals surface area contributed by atoms with Crippen LogP contribution in [0.4, 0.5) is 8.78 Å². The minimum Gasteiger partial charge on any atom is -0.386 e. The number of hydrogen-bond acceptors (Lipinski definition) is 3. The molecule has 154 valence electrons. The molecule has 0 aliphatic carbocycles. The van der Waals surface area contributed by atoms with Gasteiger partial charge in [0, 0.05) is 6.54 Å². The first kappa shape index (κ1) is 25.8. The van der Waals surface area contributed by atoms with Gasteiger partial charge in [0.2, 0.25) is 0 Å². The SMILES string of the molecule is C=C(C=CC(=CC)C=C(C)CNCCCF)C(O)C(CF)NC(=O)C(Cl)Cl. The molecule has 0 aliphatic heterocycles. The Kier molecular flexibility index (Phi) is 14.1. The van der Waals surface area contributed by atoms with E-state index < -0.39 is 29.6 Å². The standard InChI is InChI=1S/C19H28Cl2F2N2O2/c1-4-15(10-13(2)12-24-9-5-8-22)7-6-14(3)17(26)16(11-23)25-19(27)18(20)21/h4,6-7,10,16-18,24,26H,3,5,8-9,11-12H2,1-2H3,(H,25,27). The second-order valence-electron chi connectivity index (χ2n) is 5.92. The summed E-state index contributed by atoms with van der Waals surface area (Å²) in [6, 6.07) is -1.19. The lowest BCUT2D eigenvalue weighted by Gasteiger charge is -2.22. The van der Waals surface area contributed by atoms with Crippen molar-refractivity contribution >= 4 is 29.1 Å². The van der Waals surface area contributed by atoms with Gasteiger partial charge < -0.3 is 15.7 Å². The van der Waals surface area contributed by atoms with Crippen LogP contribution in [0.15, 0.2) is 47.6 Å². The van der Waals surface area contributed by atoms with Crippen molar-refractivity contribution in [1.29, 1.82) is 0 Å². The minimum absolute atomic E-state index is 0.227. The highest BCUT2D eigenvalue weighted by Gasteiger charge is 2.24. The van der Waals surface area contributed by atoms with Gasteiger partial charge in [-0.1, -0.05) is 59.7 Å². The Hall–Kier alpha value is -1.21. The highest BCUT2D eigenvalue weighted by atomic mass is 35.5. The van der Waals surface area contributed by atoms with E-state index in [-0.39, 0.29) is 12.2 Å². The fraction of sp³-hybridized carbons (Fsp3) is 0.526. The highest BCUT2D eigenvalue weighted by Crippen LogP contribution is 2.12. The Balaban J connectivity index is 4.82. The maximum Gasteiger partial charge on any atom is 0.253 e. The molecule has 0 bridgehead atoms. The summed E-state index contributed by atoms with van der Waals surface area (Å²) < 4.78 is 25.2. The van der Waals surface area contributed by atoms with Crippen LogP contribution in [-0.2, 0) is 4.79 Å². The molecule has 0 aromatic rings. The number of amides is 1. The molecule has 4 nitrogen and oxygen atoms in total. The van der Waals surface area contributed by atoms with Crippen molar-refractivity contribution in [3.63, 3.8) is 0 Å². The normalized spacial score (nSPS) is 15.3. The maximum absolute atomic E-state index is 13.1. The monoisotopic (exact) mass is 424 g/mol. The number of allylic oxidation sites excluding steroid dienone is 4. The van der Waals surface area contributed by atoms with Crippen molar-refractivity contribution in [1.82, 2.24) is 10.6 Å². The molecule has 1 amide bonds. The van der Waals surface area contributed by atoms with E-state index in [2.05, 4.69) is 17.2 Å². The number of carbonyl (C=O) groups excluding carboxylic acids is 1. The maximum atomic E-state index is 13.1. The number of halogens is 4. The zero-order chi connectivity index (χ0) is 20.8. The second kappa shape index (κ2) is 14.8. The van der Waals surface area contributed by atoms with E-state index in [1.165, 1.54) is 0 Å². The number of aliphatic hydroxyl groups is 1. The molecule has 27 heavy (non-hydrogen) atoms. The Morgan fingerprint density at radius 1 is 1.30 bits per heavy atom. The van der Waals surface area contributed by atoms with E-state index in [0.717, 1.165) is 11.1 Å². The molecule has 0 saturated carbocycles. The van der Waals surface area contributed by atoms with E-state index in [1.54, 1.807) is 12.2 Å². The summed E-state index contributed by atoms with van der Waals surface area (Å²) in [6.07, 6.45) is 6.21. The van der Waals surface area contributed by atoms with Crippen LogP contribution in [-0.4, -0.2) is 54.4 Å². The molecular weight excluding hydrogens is 397 g/mol. The first-order valence-electron chi connectivity index (χ1n) is 8.56. The van der Waals surface area contributed by atoms with E-state index in [1.807, 2.05) is 26.0 Å². The van der Waals surface area contributed by atoms with Gasteiger partial charge in [0.1, 0.15) is 12.8 Å². The van der Waals surface area contributed by atoms with Gasteiger partial charge in [-0.2, -0.15) is 0 Å². The summed E-state index contributed by atoms with van der Waals surface area (Å²) in [4.78, 5) is 10.1. The largest absolute Gasteiger partial charge is 0.386 e. The van der Waals surface area contributed by atoms with E-state index >= 15 is 0 Å². The molecule has 0 rings (SSSR count). The zero-order valence-corrected chi connectivity index (χ0v) is 17.2. The summed E-state index contributed by atoms with van der Waals surface area (Å²) in [6.45, 7) is 7.39. The third kappa shape index (κ3) is 11.3. The Morgan fingerprint density at radius 3 is 2.48 bits per heavy atom. The number of aliphatic hydroxyl groups excluding tert-OH is 1. The molecule has 0 saturated heterocycles. The molecule has 0 aromatic carbocycles. The molecule has 0 aromatic heterocycles. The van der Waals surface area contributed by atoms with Crippen molar-refractivity contribution in [2.24, 2.45) is 0 Å². The van der Waals surface area contributed by atoms with Crippen molar-refractivity contribution in [2.75, 3.05) is 26.4 Å². The third-order valence-corrected chi connectivity index (χ3v) is 3.98. The van der Waals surface area contributed by atoms with Gasteiger partial charge in [-0.3, -0.25) is 9.18 Å². The molecule has 0 heterocycles. The molecule has 3 N–H and O–H groups in total. The zero-order valence-electron chi connectivity index (χ0n) is 15.7. The number of rotatable bonds is 13. The molecule has 2 unspecified atom stereocenters. The molecule has 0 aliphatic rings. The minimum atomic E-state index is -1.35. The number of carbonyl (C=O) groups is 1. The predicted octanol–water partition coefficient (Wildman–Crippen LogP) is 3.56. The lowest BCUT2D eigenvalue weighted by atomic mass is 10.0. The number of alkyl halides is 4. The van der Waals surface area contributed by atoms with Gasteiger partial charge in [0.05, 0.1) is 12.7 Å². The summed E-state index contributed by atoms with van der Waals surface area (Å²) >= 11 is 10.8. The van der Waals surface area contributed by atoms with Crippen molar-refractivity contribution < 1.29 is 18.7 Å². The van der Waals surface area contributed by atoms with Crippen LogP contribution in [0.25, 0.3) is 0 Å². The molecule has 0 radical (unpaired) electrons. The summed E-state index contributed by atoms with van der Waals surface area (Å²) in [5.74, 6) is -0.787. The fourth-order valence-electron chi connectivity index (χ4n) is 2.05. The van der Waals surface area contributed by atoms with E-state index in [0.29, 0.717) is 19.5 Å². The van der Waals surface area contributed by atoms with E-state index in [9.17, 15) is 18.7 Å². The van der Waals surface area contributed by atoms with Gasteiger partial charge in [-0.15, -0.1) is 0 Å². The van der Waals surface area contributed by atoms with Gasteiger partial charge in [-0.05, 0) is 38.0 Å². The first-order chi connectivity index (χ1) is 12.8. The molecule has 0 spiro atoms. The summed E-state index contributed by atoms with van der Waals surface area (Å²) in [5.41, 5.74) is 2.13. The van der Waals surface area contributed by atoms with E-state index in [4.69, 9.17) is 23.2 Å². The average molecular weight is 425 g/mol. The topological polar surface area (TPSA) is 61.4 Å². The van der Waals surface area contributed by atoms with Gasteiger partial charge in [0.25, 0.3) is 5.91 Å². The molecular formula is C19H28Cl2F2N2O2. The smallest absolute Gasteiger partial charge is 0.253 e. The quantitative estimate of drug-likeness (QED) is 0.240. The van der Waals surface area contributed by atoms with Crippen molar-refractivity contribution in [2.45, 2.75) is 37.3 Å². The number of nitrogens with one attached hydrogen (secondary N) is 2. The summed E-state index contributed by atoms with van der Waals surface area (Å²) in [7, 11) is 0. The molecule has 8 heteroatoms.